The van der Waals surface area contributed by atoms with E-state index in [0.717, 1.165) is 18.4 Å². The molecule has 1 aromatic carbocycles. The largest absolute Gasteiger partial charge is 0.338 e. The lowest BCUT2D eigenvalue weighted by molar-refractivity contribution is -0.136. The van der Waals surface area contributed by atoms with Crippen LogP contribution in [0.5, 0.6) is 0 Å². The Kier molecular flexibility index (Phi) is 5.65. The van der Waals surface area contributed by atoms with Crippen LogP contribution >= 0.6 is 0 Å². The summed E-state index contributed by atoms with van der Waals surface area (Å²) in [5.74, 6) is -0.0133. The molecular formula is C19H28N2O3. The summed E-state index contributed by atoms with van der Waals surface area (Å²) in [5, 5.41) is 8.83. The lowest BCUT2D eigenvalue weighted by atomic mass is 9.80. The van der Waals surface area contributed by atoms with E-state index in [-0.39, 0.29) is 18.4 Å². The van der Waals surface area contributed by atoms with E-state index < -0.39 is 11.3 Å². The Morgan fingerprint density at radius 3 is 2.50 bits per heavy atom. The Balaban J connectivity index is 2.23. The molecule has 1 aliphatic heterocycles. The first-order valence-corrected chi connectivity index (χ1v) is 8.59. The number of hydrogen-bond acceptors (Lipinski definition) is 3. The van der Waals surface area contributed by atoms with Gasteiger partial charge in [-0.2, -0.15) is 0 Å². The number of hydrogen-bond donors (Lipinski definition) is 2. The summed E-state index contributed by atoms with van der Waals surface area (Å²) >= 11 is 0. The number of amides is 2. The van der Waals surface area contributed by atoms with Crippen molar-refractivity contribution >= 4 is 11.8 Å². The Hall–Kier alpha value is -1.88. The second-order valence-corrected chi connectivity index (χ2v) is 7.47. The van der Waals surface area contributed by atoms with Crippen molar-refractivity contribution in [1.29, 1.82) is 0 Å². The molecule has 0 saturated carbocycles. The molecule has 1 fully saturated rings. The molecule has 1 aliphatic rings. The van der Waals surface area contributed by atoms with Crippen molar-refractivity contribution in [2.45, 2.75) is 58.4 Å². The molecule has 0 aliphatic carbocycles. The molecule has 1 saturated heterocycles. The van der Waals surface area contributed by atoms with E-state index in [1.807, 2.05) is 43.0 Å². The quantitative estimate of drug-likeness (QED) is 0.622. The number of rotatable bonds is 6. The number of nitrogens with one attached hydrogen (secondary N) is 1. The maximum Gasteiger partial charge on any atom is 0.245 e. The third-order valence-electron chi connectivity index (χ3n) is 5.00. The zero-order chi connectivity index (χ0) is 17.9. The third-order valence-corrected chi connectivity index (χ3v) is 5.00. The molecule has 24 heavy (non-hydrogen) atoms. The highest BCUT2D eigenvalue weighted by atomic mass is 16.5. The van der Waals surface area contributed by atoms with E-state index in [1.165, 1.54) is 5.56 Å². The molecular weight excluding hydrogens is 304 g/mol. The number of nitrogens with zero attached hydrogens (tertiary/aromatic N) is 1. The van der Waals surface area contributed by atoms with Crippen LogP contribution in [0.25, 0.3) is 0 Å². The lowest BCUT2D eigenvalue weighted by Crippen LogP contribution is -2.44. The van der Waals surface area contributed by atoms with Crippen molar-refractivity contribution < 1.29 is 14.8 Å². The Labute approximate surface area is 144 Å². The molecule has 2 rings (SSSR count). The molecule has 0 radical (unpaired) electrons. The second kappa shape index (κ2) is 7.34. The minimum absolute atomic E-state index is 0.0720. The van der Waals surface area contributed by atoms with Crippen LogP contribution in [0.3, 0.4) is 0 Å². The first-order valence-electron chi connectivity index (χ1n) is 8.59. The van der Waals surface area contributed by atoms with Crippen LogP contribution in [0.2, 0.25) is 0 Å². The van der Waals surface area contributed by atoms with Crippen LogP contribution in [0.15, 0.2) is 24.3 Å². The zero-order valence-corrected chi connectivity index (χ0v) is 15.0. The highest BCUT2D eigenvalue weighted by Crippen LogP contribution is 2.37. The van der Waals surface area contributed by atoms with Gasteiger partial charge < -0.3 is 4.90 Å². The van der Waals surface area contributed by atoms with Crippen LogP contribution in [-0.2, 0) is 15.0 Å². The van der Waals surface area contributed by atoms with Crippen molar-refractivity contribution in [3.8, 4) is 0 Å². The zero-order valence-electron chi connectivity index (χ0n) is 15.0. The fourth-order valence-electron chi connectivity index (χ4n) is 3.53. The van der Waals surface area contributed by atoms with Gasteiger partial charge in [0.25, 0.3) is 0 Å². The summed E-state index contributed by atoms with van der Waals surface area (Å²) in [6.45, 7) is 8.80. The summed E-state index contributed by atoms with van der Waals surface area (Å²) < 4.78 is 0. The van der Waals surface area contributed by atoms with E-state index in [2.05, 4.69) is 13.8 Å². The van der Waals surface area contributed by atoms with Gasteiger partial charge in [0.1, 0.15) is 0 Å². The molecule has 2 N–H and O–H groups in total. The molecule has 5 heteroatoms. The van der Waals surface area contributed by atoms with Crippen molar-refractivity contribution in [3.63, 3.8) is 0 Å². The Morgan fingerprint density at radius 1 is 1.33 bits per heavy atom. The number of hydroxylamine groups is 1. The molecule has 1 heterocycles. The minimum atomic E-state index is -0.543. The monoisotopic (exact) mass is 332 g/mol. The molecule has 0 spiro atoms. The third kappa shape index (κ3) is 3.78. The van der Waals surface area contributed by atoms with Crippen LogP contribution < -0.4 is 5.48 Å². The number of carbonyl (C=O) groups excluding carboxylic acids is 2. The van der Waals surface area contributed by atoms with Gasteiger partial charge in [0.15, 0.2) is 0 Å². The van der Waals surface area contributed by atoms with Gasteiger partial charge >= 0.3 is 0 Å². The van der Waals surface area contributed by atoms with E-state index in [0.29, 0.717) is 12.5 Å². The van der Waals surface area contributed by atoms with Crippen molar-refractivity contribution in [2.24, 2.45) is 5.92 Å². The molecule has 132 valence electrons. The van der Waals surface area contributed by atoms with Gasteiger partial charge in [0.2, 0.25) is 11.8 Å². The van der Waals surface area contributed by atoms with Gasteiger partial charge in [0, 0.05) is 19.0 Å². The highest BCUT2D eigenvalue weighted by Gasteiger charge is 2.46. The van der Waals surface area contributed by atoms with Crippen LogP contribution in [0.4, 0.5) is 0 Å². The summed E-state index contributed by atoms with van der Waals surface area (Å²) in [7, 11) is 0. The summed E-state index contributed by atoms with van der Waals surface area (Å²) in [4.78, 5) is 26.6. The van der Waals surface area contributed by atoms with Gasteiger partial charge in [0.05, 0.1) is 5.41 Å². The van der Waals surface area contributed by atoms with Crippen LogP contribution in [-0.4, -0.2) is 34.5 Å². The Morgan fingerprint density at radius 2 is 1.96 bits per heavy atom. The van der Waals surface area contributed by atoms with Crippen molar-refractivity contribution in [1.82, 2.24) is 10.4 Å². The maximum atomic E-state index is 13.1. The average Bonchev–Trinajstić information content (AvgIpc) is 2.83. The molecule has 2 amide bonds. The van der Waals surface area contributed by atoms with E-state index in [4.69, 9.17) is 5.21 Å². The van der Waals surface area contributed by atoms with Gasteiger partial charge in [-0.05, 0) is 38.2 Å². The standard InChI is InChI=1S/C19H28N2O3/c1-13(2)11-16(12-17(22)20-24)21-10-9-19(4,18(21)23)15-7-5-14(3)6-8-15/h5-8,13,16,24H,9-12H2,1-4H3,(H,20,22)/t16-,19?/m1/s1. The molecule has 1 unspecified atom stereocenters. The summed E-state index contributed by atoms with van der Waals surface area (Å²) in [6.07, 6.45) is 1.61. The van der Waals surface area contributed by atoms with E-state index in [9.17, 15) is 9.59 Å². The van der Waals surface area contributed by atoms with Gasteiger partial charge in [-0.15, -0.1) is 0 Å². The van der Waals surface area contributed by atoms with E-state index >= 15 is 0 Å². The molecule has 2 atom stereocenters. The van der Waals surface area contributed by atoms with E-state index in [1.54, 1.807) is 5.48 Å². The summed E-state index contributed by atoms with van der Waals surface area (Å²) in [6, 6.07) is 7.92. The van der Waals surface area contributed by atoms with Gasteiger partial charge in [-0.3, -0.25) is 14.8 Å². The second-order valence-electron chi connectivity index (χ2n) is 7.47. The number of aryl methyl sites for hydroxylation is 1. The van der Waals surface area contributed by atoms with Gasteiger partial charge in [-0.25, -0.2) is 5.48 Å². The molecule has 1 aromatic rings. The number of likely N-dealkylation sites (tertiary alicyclic amines) is 1. The molecule has 0 aromatic heterocycles. The SMILES string of the molecule is Cc1ccc(C2(C)CCN([C@@H](CC(=O)NO)CC(C)C)C2=O)cc1. The van der Waals surface area contributed by atoms with Crippen molar-refractivity contribution in [3.05, 3.63) is 35.4 Å². The Bertz CT molecular complexity index is 597. The normalized spacial score (nSPS) is 22.1. The molecule has 5 nitrogen and oxygen atoms in total. The smallest absolute Gasteiger partial charge is 0.245 e. The van der Waals surface area contributed by atoms with Crippen LogP contribution in [0.1, 0.15) is 51.2 Å². The first-order chi connectivity index (χ1) is 11.3. The number of carbonyl (C=O) groups is 2. The van der Waals surface area contributed by atoms with Crippen LogP contribution in [0, 0.1) is 12.8 Å². The van der Waals surface area contributed by atoms with Crippen molar-refractivity contribution in [2.75, 3.05) is 6.54 Å². The van der Waals surface area contributed by atoms with Gasteiger partial charge in [-0.1, -0.05) is 43.7 Å². The minimum Gasteiger partial charge on any atom is -0.338 e. The molecule has 0 bridgehead atoms. The highest BCUT2D eigenvalue weighted by molar-refractivity contribution is 5.90. The predicted molar refractivity (Wildman–Crippen MR) is 92.7 cm³/mol. The first kappa shape index (κ1) is 18.5. The average molecular weight is 332 g/mol. The lowest BCUT2D eigenvalue weighted by Gasteiger charge is -2.31. The maximum absolute atomic E-state index is 13.1. The number of benzene rings is 1. The fourth-order valence-corrected chi connectivity index (χ4v) is 3.53. The predicted octanol–water partition coefficient (Wildman–Crippen LogP) is 2.80. The topological polar surface area (TPSA) is 69.6 Å². The summed E-state index contributed by atoms with van der Waals surface area (Å²) in [5.41, 5.74) is 3.34. The fraction of sp³-hybridized carbons (Fsp3) is 0.579.